The number of rotatable bonds is 6. The molecule has 1 N–H and O–H groups in total. The average Bonchev–Trinajstić information content (AvgIpc) is 2.76. The smallest absolute Gasteiger partial charge is 0.116 e. The monoisotopic (exact) mass is 239 g/mol. The number of hydrogen-bond acceptors (Lipinski definition) is 3. The van der Waals surface area contributed by atoms with Crippen LogP contribution in [0.4, 0.5) is 0 Å². The first kappa shape index (κ1) is 14.2. The highest BCUT2D eigenvalue weighted by Crippen LogP contribution is 2.33. The Hall–Kier alpha value is -0.870. The molecule has 0 spiro atoms. The molecule has 4 nitrogen and oxygen atoms in total. The molecule has 2 unspecified atom stereocenters. The van der Waals surface area contributed by atoms with Crippen LogP contribution in [0.3, 0.4) is 0 Å². The standard InChI is InChI=1S/C13H25N3O/c1-6-13(4,16(7-2)8-3)12(17)11-9-10-15(5)14-11/h9-10,12,17H,6-8H2,1-5H3. The van der Waals surface area contributed by atoms with Crippen molar-refractivity contribution in [2.24, 2.45) is 7.05 Å². The van der Waals surface area contributed by atoms with Gasteiger partial charge in [0.05, 0.1) is 5.69 Å². The Kier molecular flexibility index (Phi) is 4.71. The maximum Gasteiger partial charge on any atom is 0.116 e. The minimum Gasteiger partial charge on any atom is -0.385 e. The minimum atomic E-state index is -0.548. The summed E-state index contributed by atoms with van der Waals surface area (Å²) in [4.78, 5) is 2.30. The van der Waals surface area contributed by atoms with Crippen molar-refractivity contribution in [1.29, 1.82) is 0 Å². The second-order valence-corrected chi connectivity index (χ2v) is 4.70. The van der Waals surface area contributed by atoms with Gasteiger partial charge in [0, 0.05) is 18.8 Å². The molecule has 98 valence electrons. The van der Waals surface area contributed by atoms with E-state index in [4.69, 9.17) is 0 Å². The number of aryl methyl sites for hydroxylation is 1. The molecule has 0 aliphatic carbocycles. The molecular formula is C13H25N3O. The van der Waals surface area contributed by atoms with Gasteiger partial charge in [0.1, 0.15) is 6.10 Å². The summed E-state index contributed by atoms with van der Waals surface area (Å²) in [5.74, 6) is 0. The third kappa shape index (κ3) is 2.69. The Morgan fingerprint density at radius 2 is 2.00 bits per heavy atom. The summed E-state index contributed by atoms with van der Waals surface area (Å²) in [6.07, 6.45) is 2.22. The Balaban J connectivity index is 2.99. The summed E-state index contributed by atoms with van der Waals surface area (Å²) in [6.45, 7) is 10.4. The van der Waals surface area contributed by atoms with Crippen molar-refractivity contribution < 1.29 is 5.11 Å². The first-order valence-electron chi connectivity index (χ1n) is 6.42. The molecule has 1 aromatic heterocycles. The number of hydrogen-bond donors (Lipinski definition) is 1. The number of aliphatic hydroxyl groups is 1. The fourth-order valence-electron chi connectivity index (χ4n) is 2.43. The first-order chi connectivity index (χ1) is 7.99. The van der Waals surface area contributed by atoms with Gasteiger partial charge in [-0.3, -0.25) is 9.58 Å². The van der Waals surface area contributed by atoms with Gasteiger partial charge >= 0.3 is 0 Å². The highest BCUT2D eigenvalue weighted by Gasteiger charge is 2.37. The second kappa shape index (κ2) is 5.65. The predicted molar refractivity (Wildman–Crippen MR) is 69.8 cm³/mol. The maximum atomic E-state index is 10.6. The zero-order chi connectivity index (χ0) is 13.1. The third-order valence-corrected chi connectivity index (χ3v) is 3.81. The van der Waals surface area contributed by atoms with Gasteiger partial charge in [-0.25, -0.2) is 0 Å². The van der Waals surface area contributed by atoms with E-state index in [1.54, 1.807) is 4.68 Å². The predicted octanol–water partition coefficient (Wildman–Crippen LogP) is 1.96. The summed E-state index contributed by atoms with van der Waals surface area (Å²) in [7, 11) is 1.87. The molecule has 2 atom stereocenters. The van der Waals surface area contributed by atoms with Crippen molar-refractivity contribution in [3.05, 3.63) is 18.0 Å². The molecule has 0 amide bonds. The van der Waals surface area contributed by atoms with Crippen molar-refractivity contribution in [2.75, 3.05) is 13.1 Å². The van der Waals surface area contributed by atoms with Crippen molar-refractivity contribution in [2.45, 2.75) is 45.8 Å². The molecule has 0 aromatic carbocycles. The van der Waals surface area contributed by atoms with Gasteiger partial charge in [0.2, 0.25) is 0 Å². The summed E-state index contributed by atoms with van der Waals surface area (Å²) in [5.41, 5.74) is 0.501. The third-order valence-electron chi connectivity index (χ3n) is 3.81. The van der Waals surface area contributed by atoms with Crippen LogP contribution in [-0.2, 0) is 7.05 Å². The van der Waals surface area contributed by atoms with Gasteiger partial charge in [-0.15, -0.1) is 0 Å². The molecular weight excluding hydrogens is 214 g/mol. The molecule has 0 radical (unpaired) electrons. The van der Waals surface area contributed by atoms with Crippen LogP contribution in [0.25, 0.3) is 0 Å². The lowest BCUT2D eigenvalue weighted by molar-refractivity contribution is -0.0238. The molecule has 4 heteroatoms. The van der Waals surface area contributed by atoms with E-state index in [0.29, 0.717) is 0 Å². The van der Waals surface area contributed by atoms with E-state index >= 15 is 0 Å². The van der Waals surface area contributed by atoms with Gasteiger partial charge in [0.25, 0.3) is 0 Å². The van der Waals surface area contributed by atoms with Crippen molar-refractivity contribution in [3.8, 4) is 0 Å². The molecule has 1 rings (SSSR count). The molecule has 0 bridgehead atoms. The lowest BCUT2D eigenvalue weighted by atomic mass is 9.87. The zero-order valence-electron chi connectivity index (χ0n) is 11.6. The Morgan fingerprint density at radius 1 is 1.41 bits per heavy atom. The Labute approximate surface area is 104 Å². The molecule has 0 saturated heterocycles. The van der Waals surface area contributed by atoms with Gasteiger partial charge in [-0.05, 0) is 32.5 Å². The molecule has 0 aliphatic rings. The van der Waals surface area contributed by atoms with E-state index in [2.05, 4.69) is 37.7 Å². The SMILES string of the molecule is CCN(CC)C(C)(CC)C(O)c1ccn(C)n1. The molecule has 17 heavy (non-hydrogen) atoms. The second-order valence-electron chi connectivity index (χ2n) is 4.70. The van der Waals surface area contributed by atoms with Gasteiger partial charge in [-0.1, -0.05) is 20.8 Å². The number of likely N-dealkylation sites (N-methyl/N-ethyl adjacent to an activating group) is 1. The van der Waals surface area contributed by atoms with Crippen molar-refractivity contribution in [3.63, 3.8) is 0 Å². The fraction of sp³-hybridized carbons (Fsp3) is 0.769. The largest absolute Gasteiger partial charge is 0.385 e. The highest BCUT2D eigenvalue weighted by atomic mass is 16.3. The minimum absolute atomic E-state index is 0.252. The Morgan fingerprint density at radius 3 is 2.35 bits per heavy atom. The number of nitrogens with zero attached hydrogens (tertiary/aromatic N) is 3. The van der Waals surface area contributed by atoms with Crippen LogP contribution in [-0.4, -0.2) is 38.4 Å². The van der Waals surface area contributed by atoms with E-state index in [0.717, 1.165) is 25.2 Å². The molecule has 1 aromatic rings. The van der Waals surface area contributed by atoms with Crippen LogP contribution in [0.2, 0.25) is 0 Å². The average molecular weight is 239 g/mol. The van der Waals surface area contributed by atoms with E-state index in [-0.39, 0.29) is 5.54 Å². The Bertz CT molecular complexity index is 346. The fourth-order valence-corrected chi connectivity index (χ4v) is 2.43. The van der Waals surface area contributed by atoms with E-state index in [1.165, 1.54) is 0 Å². The highest BCUT2D eigenvalue weighted by molar-refractivity contribution is 5.10. The van der Waals surface area contributed by atoms with Crippen LogP contribution in [0.15, 0.2) is 12.3 Å². The van der Waals surface area contributed by atoms with E-state index < -0.39 is 6.10 Å². The summed E-state index contributed by atoms with van der Waals surface area (Å²) >= 11 is 0. The van der Waals surface area contributed by atoms with Gasteiger partial charge in [0.15, 0.2) is 0 Å². The zero-order valence-corrected chi connectivity index (χ0v) is 11.6. The lowest BCUT2D eigenvalue weighted by Crippen LogP contribution is -2.50. The molecule has 0 aliphatic heterocycles. The summed E-state index contributed by atoms with van der Waals surface area (Å²) in [5, 5.41) is 14.9. The maximum absolute atomic E-state index is 10.6. The van der Waals surface area contributed by atoms with Gasteiger partial charge in [-0.2, -0.15) is 5.10 Å². The van der Waals surface area contributed by atoms with E-state index in [9.17, 15) is 5.11 Å². The van der Waals surface area contributed by atoms with Crippen molar-refractivity contribution >= 4 is 0 Å². The topological polar surface area (TPSA) is 41.3 Å². The normalized spacial score (nSPS) is 17.1. The van der Waals surface area contributed by atoms with Crippen LogP contribution in [0, 0.1) is 0 Å². The molecule has 0 fully saturated rings. The van der Waals surface area contributed by atoms with Gasteiger partial charge < -0.3 is 5.11 Å². The van der Waals surface area contributed by atoms with E-state index in [1.807, 2.05) is 19.3 Å². The van der Waals surface area contributed by atoms with Crippen LogP contribution in [0.5, 0.6) is 0 Å². The summed E-state index contributed by atoms with van der Waals surface area (Å²) in [6, 6.07) is 1.89. The molecule has 1 heterocycles. The first-order valence-corrected chi connectivity index (χ1v) is 6.42. The number of aliphatic hydroxyl groups excluding tert-OH is 1. The van der Waals surface area contributed by atoms with Crippen LogP contribution < -0.4 is 0 Å². The summed E-state index contributed by atoms with van der Waals surface area (Å²) < 4.78 is 1.73. The quantitative estimate of drug-likeness (QED) is 0.825. The number of aromatic nitrogens is 2. The molecule has 0 saturated carbocycles. The van der Waals surface area contributed by atoms with Crippen LogP contribution in [0.1, 0.15) is 45.9 Å². The van der Waals surface area contributed by atoms with Crippen molar-refractivity contribution in [1.82, 2.24) is 14.7 Å². The van der Waals surface area contributed by atoms with Crippen LogP contribution >= 0.6 is 0 Å². The lowest BCUT2D eigenvalue weighted by Gasteiger charge is -2.42.